The maximum Gasteiger partial charge on any atom is 0.316 e. The van der Waals surface area contributed by atoms with Crippen LogP contribution in [0.5, 0.6) is 0 Å². The molecule has 0 aromatic heterocycles. The van der Waals surface area contributed by atoms with Crippen molar-refractivity contribution in [2.24, 2.45) is 0 Å². The zero-order chi connectivity index (χ0) is 0. The van der Waals surface area contributed by atoms with Crippen molar-refractivity contribution in [3.63, 3.8) is 0 Å². The van der Waals surface area contributed by atoms with Crippen molar-refractivity contribution in [1.29, 1.82) is 0 Å². The second kappa shape index (κ2) is 32.4. The van der Waals surface area contributed by atoms with Gasteiger partial charge < -0.3 is 0 Å². The van der Waals surface area contributed by atoms with E-state index >= 15 is 0 Å². The minimum atomic E-state index is 0. The molecule has 0 heterocycles. The third kappa shape index (κ3) is 23.1. The summed E-state index contributed by atoms with van der Waals surface area (Å²) in [6, 6.07) is 0. The van der Waals surface area contributed by atoms with Crippen LogP contribution in [-0.4, -0.2) is 65.0 Å². The standard InChI is InChI=1S/Li.2Mg.Nd.Zn.Zr.5H. The Morgan fingerprint density at radius 2 is 0.833 bits per heavy atom. The summed E-state index contributed by atoms with van der Waals surface area (Å²) >= 11 is 0. The van der Waals surface area contributed by atoms with E-state index in [2.05, 4.69) is 0 Å². The predicted octanol–water partition coefficient (Wildman–Crippen LogP) is -2.49. The average molecular weight is 361 g/mol. The molecule has 0 spiro atoms. The normalized spacial score (nSPS) is 0. The number of hydrogen-bond donors (Lipinski definition) is 0. The van der Waals surface area contributed by atoms with E-state index < -0.39 is 0 Å². The zero-order valence-electron chi connectivity index (χ0n) is 1.71. The quantitative estimate of drug-likeness (QED) is 0.419. The van der Waals surface area contributed by atoms with Crippen LogP contribution in [0.2, 0.25) is 0 Å². The molecule has 6 heavy (non-hydrogen) atoms. The van der Waals surface area contributed by atoms with Crippen LogP contribution >= 0.6 is 0 Å². The molecule has 0 fully saturated rings. The fourth-order valence-electron chi connectivity index (χ4n) is 0. The molecule has 0 saturated carbocycles. The van der Waals surface area contributed by atoms with E-state index in [4.69, 9.17) is 0 Å². The summed E-state index contributed by atoms with van der Waals surface area (Å²) in [4.78, 5) is 0. The van der Waals surface area contributed by atoms with Gasteiger partial charge in [0.15, 0.2) is 0 Å². The van der Waals surface area contributed by atoms with Crippen molar-refractivity contribution >= 4 is 65.0 Å². The molecule has 0 aromatic rings. The van der Waals surface area contributed by atoms with Gasteiger partial charge in [-0.15, -0.1) is 0 Å². The van der Waals surface area contributed by atoms with Crippen LogP contribution in [-0.2, 0) is 45.7 Å². The van der Waals surface area contributed by atoms with E-state index in [0.29, 0.717) is 0 Å². The Morgan fingerprint density at radius 1 is 0.833 bits per heavy atom. The predicted molar refractivity (Wildman–Crippen MR) is 24.2 cm³/mol. The van der Waals surface area contributed by atoms with E-state index in [1.165, 1.54) is 0 Å². The second-order valence-electron chi connectivity index (χ2n) is 0. The van der Waals surface area contributed by atoms with Crippen LogP contribution < -0.4 is 0 Å². The largest absolute Gasteiger partial charge is 0.316 e. The van der Waals surface area contributed by atoms with Gasteiger partial charge >= 0.3 is 65.0 Å². The molecule has 0 aliphatic rings. The third-order valence-electron chi connectivity index (χ3n) is 0. The first-order valence-corrected chi connectivity index (χ1v) is 0. The molecule has 6 heteroatoms. The average Bonchev–Trinajstić information content (AvgIpc) is 0. The first kappa shape index (κ1) is 44.1. The summed E-state index contributed by atoms with van der Waals surface area (Å²) in [5.74, 6) is 0. The van der Waals surface area contributed by atoms with Gasteiger partial charge in [-0.1, -0.05) is 0 Å². The van der Waals surface area contributed by atoms with Gasteiger partial charge in [-0.25, -0.2) is 0 Å². The molecule has 0 saturated heterocycles. The third-order valence-corrected chi connectivity index (χ3v) is 0. The monoisotopic (exact) mass is 356 g/mol. The van der Waals surface area contributed by atoms with Gasteiger partial charge in [0.2, 0.25) is 0 Å². The Hall–Kier alpha value is 4.99. The Morgan fingerprint density at radius 3 is 0.833 bits per heavy atom. The molecule has 0 unspecified atom stereocenters. The molecule has 0 bridgehead atoms. The summed E-state index contributed by atoms with van der Waals surface area (Å²) in [5, 5.41) is 0. The summed E-state index contributed by atoms with van der Waals surface area (Å²) < 4.78 is 0. The van der Waals surface area contributed by atoms with Crippen molar-refractivity contribution in [2.75, 3.05) is 0 Å². The molecule has 0 atom stereocenters. The van der Waals surface area contributed by atoms with E-state index in [1.54, 1.807) is 0 Å². The van der Waals surface area contributed by atoms with Gasteiger partial charge in [0.1, 0.15) is 0 Å². The molecular formula is H5LiMg2NdZnZr. The Kier molecular flexibility index (Phi) is 238. The molecule has 0 rings (SSSR count). The van der Waals surface area contributed by atoms with Crippen molar-refractivity contribution in [3.8, 4) is 0 Å². The van der Waals surface area contributed by atoms with Gasteiger partial charge in [0.05, 0.1) is 0 Å². The molecule has 0 aliphatic carbocycles. The second-order valence-corrected chi connectivity index (χ2v) is 0. The Balaban J connectivity index is 0. The molecule has 0 radical (unpaired) electrons. The van der Waals surface area contributed by atoms with Gasteiger partial charge in [-0.3, -0.25) is 0 Å². The summed E-state index contributed by atoms with van der Waals surface area (Å²) in [5.41, 5.74) is 0. The molecule has 20 valence electrons. The van der Waals surface area contributed by atoms with Crippen LogP contribution in [0, 0.1) is 40.8 Å². The Labute approximate surface area is 147 Å². The zero-order valence-corrected chi connectivity index (χ0v) is 10.3. The topological polar surface area (TPSA) is 0 Å². The maximum atomic E-state index is 0. The maximum absolute atomic E-state index is 0. The van der Waals surface area contributed by atoms with Gasteiger partial charge in [0.25, 0.3) is 0 Å². The molecule has 0 nitrogen and oxygen atoms in total. The number of rotatable bonds is 0. The number of hydrogen-bond acceptors (Lipinski definition) is 0. The van der Waals surface area contributed by atoms with Crippen LogP contribution in [0.3, 0.4) is 0 Å². The van der Waals surface area contributed by atoms with Crippen LogP contribution in [0.25, 0.3) is 0 Å². The van der Waals surface area contributed by atoms with E-state index in [-0.39, 0.29) is 151 Å². The first-order chi connectivity index (χ1) is 0. The van der Waals surface area contributed by atoms with Gasteiger partial charge in [-0.2, -0.15) is 0 Å². The Bertz CT molecular complexity index is 13.5. The SMILES string of the molecule is [LiH].[MgH2].[MgH2].[Nd].[Zn].[Zr]. The van der Waals surface area contributed by atoms with E-state index in [0.717, 1.165) is 0 Å². The van der Waals surface area contributed by atoms with Crippen molar-refractivity contribution < 1.29 is 86.5 Å². The van der Waals surface area contributed by atoms with Crippen molar-refractivity contribution in [3.05, 3.63) is 0 Å². The van der Waals surface area contributed by atoms with Gasteiger partial charge in [-0.05, 0) is 0 Å². The van der Waals surface area contributed by atoms with Crippen LogP contribution in [0.15, 0.2) is 0 Å². The summed E-state index contributed by atoms with van der Waals surface area (Å²) in [6.07, 6.45) is 0. The van der Waals surface area contributed by atoms with Gasteiger partial charge in [0, 0.05) is 86.5 Å². The fourth-order valence-corrected chi connectivity index (χ4v) is 0. The van der Waals surface area contributed by atoms with Crippen LogP contribution in [0.1, 0.15) is 0 Å². The van der Waals surface area contributed by atoms with Crippen molar-refractivity contribution in [2.45, 2.75) is 0 Å². The minimum Gasteiger partial charge on any atom is 0 e. The summed E-state index contributed by atoms with van der Waals surface area (Å²) in [6.45, 7) is 0. The van der Waals surface area contributed by atoms with E-state index in [9.17, 15) is 0 Å². The molecule has 0 N–H and O–H groups in total. The minimum absolute atomic E-state index is 0. The summed E-state index contributed by atoms with van der Waals surface area (Å²) in [7, 11) is 0. The fraction of sp³-hybridized carbons (Fsp3) is 0. The van der Waals surface area contributed by atoms with Crippen molar-refractivity contribution in [1.82, 2.24) is 0 Å². The molecule has 0 aromatic carbocycles. The first-order valence-electron chi connectivity index (χ1n) is 0. The molecule has 0 aliphatic heterocycles. The smallest absolute Gasteiger partial charge is 0 e. The van der Waals surface area contributed by atoms with Crippen LogP contribution in [0.4, 0.5) is 0 Å². The molecular weight excluding hydrogens is 356 g/mol. The van der Waals surface area contributed by atoms with E-state index in [1.807, 2.05) is 0 Å². The molecule has 0 amide bonds.